The van der Waals surface area contributed by atoms with Crippen LogP contribution in [0.1, 0.15) is 11.3 Å². The molecule has 0 radical (unpaired) electrons. The molecule has 1 aliphatic rings. The fraction of sp³-hybridized carbons (Fsp3) is 0.231. The predicted octanol–water partition coefficient (Wildman–Crippen LogP) is 2.76. The van der Waals surface area contributed by atoms with E-state index in [-0.39, 0.29) is 5.56 Å². The van der Waals surface area contributed by atoms with Gasteiger partial charge in [0.1, 0.15) is 0 Å². The van der Waals surface area contributed by atoms with Crippen molar-refractivity contribution in [3.63, 3.8) is 0 Å². The molecule has 0 saturated carbocycles. The first-order chi connectivity index (χ1) is 9.13. The molecule has 0 bridgehead atoms. The van der Waals surface area contributed by atoms with Gasteiger partial charge >= 0.3 is 0 Å². The number of nitrogens with one attached hydrogen (secondary N) is 2. The first-order valence-corrected chi connectivity index (χ1v) is 7.18. The predicted molar refractivity (Wildman–Crippen MR) is 81.1 cm³/mol. The van der Waals surface area contributed by atoms with Crippen molar-refractivity contribution >= 4 is 33.8 Å². The summed E-state index contributed by atoms with van der Waals surface area (Å²) in [6.07, 6.45) is 0.805. The smallest absolute Gasteiger partial charge is 0.256 e. The highest BCUT2D eigenvalue weighted by Crippen LogP contribution is 2.23. The monoisotopic (exact) mass is 337 g/mol. The van der Waals surface area contributed by atoms with Crippen molar-refractivity contribution in [3.8, 4) is 0 Å². The molecule has 0 spiro atoms. The number of halogens is 1. The number of rotatable bonds is 1. The summed E-state index contributed by atoms with van der Waals surface area (Å²) in [5.74, 6) is 0. The summed E-state index contributed by atoms with van der Waals surface area (Å²) in [5.41, 5.74) is 2.78. The average molecular weight is 338 g/mol. The van der Waals surface area contributed by atoms with Gasteiger partial charge in [0.2, 0.25) is 0 Å². The van der Waals surface area contributed by atoms with E-state index in [9.17, 15) is 4.79 Å². The highest BCUT2D eigenvalue weighted by Gasteiger charge is 2.19. The van der Waals surface area contributed by atoms with Crippen LogP contribution in [0, 0.1) is 4.77 Å². The van der Waals surface area contributed by atoms with E-state index >= 15 is 0 Å². The molecule has 0 aliphatic carbocycles. The molecule has 4 nitrogen and oxygen atoms in total. The second-order valence-corrected chi connectivity index (χ2v) is 5.84. The molecule has 1 aliphatic heterocycles. The van der Waals surface area contributed by atoms with Crippen molar-refractivity contribution in [3.05, 3.63) is 55.1 Å². The fourth-order valence-electron chi connectivity index (χ4n) is 2.33. The molecular weight excluding hydrogens is 326 g/mol. The second-order valence-electron chi connectivity index (χ2n) is 4.51. The van der Waals surface area contributed by atoms with Gasteiger partial charge in [-0.15, -0.1) is 0 Å². The summed E-state index contributed by atoms with van der Waals surface area (Å²) < 4.78 is 1.46. The number of hydrogen-bond donors (Lipinski definition) is 2. The van der Waals surface area contributed by atoms with Crippen LogP contribution in [0.4, 0.5) is 5.69 Å². The number of anilines is 1. The van der Waals surface area contributed by atoms with E-state index < -0.39 is 0 Å². The molecule has 0 unspecified atom stereocenters. The molecule has 0 amide bonds. The molecule has 0 atom stereocenters. The van der Waals surface area contributed by atoms with E-state index in [1.54, 1.807) is 0 Å². The van der Waals surface area contributed by atoms with Gasteiger partial charge in [-0.1, -0.05) is 15.9 Å². The number of aromatic nitrogens is 2. The second kappa shape index (κ2) is 4.94. The number of hydrogen-bond acceptors (Lipinski definition) is 3. The van der Waals surface area contributed by atoms with Crippen molar-refractivity contribution in [2.24, 2.45) is 0 Å². The zero-order valence-corrected chi connectivity index (χ0v) is 12.5. The van der Waals surface area contributed by atoms with Gasteiger partial charge in [-0.3, -0.25) is 9.78 Å². The Labute approximate surface area is 123 Å². The lowest BCUT2D eigenvalue weighted by Gasteiger charge is -2.29. The molecule has 1 aromatic carbocycles. The van der Waals surface area contributed by atoms with Gasteiger partial charge in [-0.25, -0.2) is 0 Å². The molecular formula is C13H12BrN3OS. The molecule has 98 valence electrons. The summed E-state index contributed by atoms with van der Waals surface area (Å²) in [4.78, 5) is 19.9. The Morgan fingerprint density at radius 1 is 1.21 bits per heavy atom. The van der Waals surface area contributed by atoms with Crippen molar-refractivity contribution in [1.82, 2.24) is 9.97 Å². The third-order valence-corrected chi connectivity index (χ3v) is 4.04. The maximum atomic E-state index is 11.9. The van der Waals surface area contributed by atoms with Crippen LogP contribution in [-0.4, -0.2) is 16.5 Å². The Kier molecular flexibility index (Phi) is 3.28. The summed E-state index contributed by atoms with van der Waals surface area (Å²) in [6, 6.07) is 8.12. The number of aromatic amines is 2. The minimum Gasteiger partial charge on any atom is -0.367 e. The third kappa shape index (κ3) is 2.50. The highest BCUT2D eigenvalue weighted by atomic mass is 79.9. The van der Waals surface area contributed by atoms with Crippen molar-refractivity contribution in [2.45, 2.75) is 13.0 Å². The van der Waals surface area contributed by atoms with Gasteiger partial charge < -0.3 is 9.88 Å². The van der Waals surface area contributed by atoms with E-state index in [0.717, 1.165) is 34.4 Å². The van der Waals surface area contributed by atoms with Gasteiger partial charge in [-0.05, 0) is 36.5 Å². The van der Waals surface area contributed by atoms with Gasteiger partial charge in [0.25, 0.3) is 5.56 Å². The quantitative estimate of drug-likeness (QED) is 0.786. The minimum atomic E-state index is -0.0828. The van der Waals surface area contributed by atoms with E-state index in [4.69, 9.17) is 12.2 Å². The van der Waals surface area contributed by atoms with Gasteiger partial charge in [0, 0.05) is 28.8 Å². The van der Waals surface area contributed by atoms with E-state index in [1.165, 1.54) is 0 Å². The van der Waals surface area contributed by atoms with Crippen LogP contribution in [0.2, 0.25) is 0 Å². The van der Waals surface area contributed by atoms with Crippen LogP contribution in [0.5, 0.6) is 0 Å². The molecule has 2 heterocycles. The lowest BCUT2D eigenvalue weighted by atomic mass is 10.1. The molecule has 2 N–H and O–H groups in total. The largest absolute Gasteiger partial charge is 0.367 e. The van der Waals surface area contributed by atoms with Crippen LogP contribution < -0.4 is 10.5 Å². The third-order valence-electron chi connectivity index (χ3n) is 3.30. The summed E-state index contributed by atoms with van der Waals surface area (Å²) in [7, 11) is 0. The number of H-pyrrole nitrogens is 2. The van der Waals surface area contributed by atoms with Gasteiger partial charge in [0.15, 0.2) is 4.77 Å². The molecule has 3 rings (SSSR count). The lowest BCUT2D eigenvalue weighted by molar-refractivity contribution is 0.695. The fourth-order valence-corrected chi connectivity index (χ4v) is 2.81. The summed E-state index contributed by atoms with van der Waals surface area (Å²) in [5, 5.41) is 0. The van der Waals surface area contributed by atoms with E-state index in [2.05, 4.69) is 42.9 Å². The molecule has 19 heavy (non-hydrogen) atoms. The maximum Gasteiger partial charge on any atom is 0.256 e. The zero-order valence-electron chi connectivity index (χ0n) is 10.1. The Morgan fingerprint density at radius 3 is 2.68 bits per heavy atom. The lowest BCUT2D eigenvalue weighted by Crippen LogP contribution is -2.35. The first-order valence-electron chi connectivity index (χ1n) is 5.98. The molecule has 6 heteroatoms. The standard InChI is InChI=1S/C13H12BrN3OS/c14-8-1-3-9(4-2-8)17-6-5-11-10(7-17)12(18)16-13(19)15-11/h1-4H,5-7H2,(H2,15,16,18,19). The molecule has 0 fully saturated rings. The van der Waals surface area contributed by atoms with Gasteiger partial charge in [-0.2, -0.15) is 0 Å². The number of benzene rings is 1. The first kappa shape index (κ1) is 12.6. The topological polar surface area (TPSA) is 51.9 Å². The van der Waals surface area contributed by atoms with Crippen molar-refractivity contribution in [2.75, 3.05) is 11.4 Å². The van der Waals surface area contributed by atoms with Gasteiger partial charge in [0.05, 0.1) is 12.1 Å². The van der Waals surface area contributed by atoms with Crippen LogP contribution >= 0.6 is 28.1 Å². The van der Waals surface area contributed by atoms with Crippen LogP contribution in [0.25, 0.3) is 0 Å². The maximum absolute atomic E-state index is 11.9. The Morgan fingerprint density at radius 2 is 1.95 bits per heavy atom. The average Bonchev–Trinajstić information content (AvgIpc) is 2.39. The van der Waals surface area contributed by atoms with Crippen molar-refractivity contribution < 1.29 is 0 Å². The molecule has 2 aromatic rings. The number of nitrogens with zero attached hydrogens (tertiary/aromatic N) is 1. The Bertz CT molecular complexity index is 720. The van der Waals surface area contributed by atoms with Crippen LogP contribution in [0.3, 0.4) is 0 Å². The van der Waals surface area contributed by atoms with Crippen LogP contribution in [0.15, 0.2) is 33.5 Å². The van der Waals surface area contributed by atoms with E-state index in [0.29, 0.717) is 11.3 Å². The van der Waals surface area contributed by atoms with Crippen LogP contribution in [-0.2, 0) is 13.0 Å². The Balaban J connectivity index is 1.96. The summed E-state index contributed by atoms with van der Waals surface area (Å²) >= 11 is 8.42. The Hall–Kier alpha value is -1.40. The SMILES string of the molecule is O=c1[nH]c(=S)[nH]c2c1CN(c1ccc(Br)cc1)CC2. The van der Waals surface area contributed by atoms with E-state index in [1.807, 2.05) is 12.1 Å². The zero-order chi connectivity index (χ0) is 13.4. The normalized spacial score (nSPS) is 14.3. The minimum absolute atomic E-state index is 0.0828. The highest BCUT2D eigenvalue weighted by molar-refractivity contribution is 9.10. The molecule has 0 saturated heterocycles. The van der Waals surface area contributed by atoms with Crippen molar-refractivity contribution in [1.29, 1.82) is 0 Å². The summed E-state index contributed by atoms with van der Waals surface area (Å²) in [6.45, 7) is 1.49. The molecule has 1 aromatic heterocycles. The number of fused-ring (bicyclic) bond motifs is 1.